The van der Waals surface area contributed by atoms with Gasteiger partial charge >= 0.3 is 0 Å². The molecule has 106 valence electrons. The normalized spacial score (nSPS) is 28.8. The van der Waals surface area contributed by atoms with E-state index in [0.717, 1.165) is 12.1 Å². The molecule has 3 heterocycles. The third-order valence-electron chi connectivity index (χ3n) is 4.30. The summed E-state index contributed by atoms with van der Waals surface area (Å²) in [6.45, 7) is 3.37. The smallest absolute Gasteiger partial charge is 0.244 e. The third-order valence-corrected chi connectivity index (χ3v) is 4.65. The van der Waals surface area contributed by atoms with Gasteiger partial charge in [0.05, 0.1) is 0 Å². The van der Waals surface area contributed by atoms with Gasteiger partial charge in [0.2, 0.25) is 5.91 Å². The van der Waals surface area contributed by atoms with Gasteiger partial charge in [0.25, 0.3) is 0 Å². The molecule has 1 aromatic carbocycles. The highest BCUT2D eigenvalue weighted by molar-refractivity contribution is 6.32. The molecule has 0 aromatic heterocycles. The number of nitrogens with one attached hydrogen (secondary N) is 1. The molecule has 4 heteroatoms. The molecule has 1 N–H and O–H groups in total. The number of hydrogen-bond donors (Lipinski definition) is 1. The summed E-state index contributed by atoms with van der Waals surface area (Å²) in [6.07, 6.45) is 5.77. The van der Waals surface area contributed by atoms with E-state index in [9.17, 15) is 4.79 Å². The number of piperidine rings is 3. The van der Waals surface area contributed by atoms with E-state index < -0.39 is 0 Å². The zero-order chi connectivity index (χ0) is 13.9. The lowest BCUT2D eigenvalue weighted by atomic mass is 9.84. The zero-order valence-electron chi connectivity index (χ0n) is 11.4. The van der Waals surface area contributed by atoms with Crippen LogP contribution in [0.4, 0.5) is 0 Å². The summed E-state index contributed by atoms with van der Waals surface area (Å²) in [4.78, 5) is 14.4. The fourth-order valence-corrected chi connectivity index (χ4v) is 3.33. The summed E-state index contributed by atoms with van der Waals surface area (Å²) in [5.41, 5.74) is 0.873. The number of benzene rings is 1. The van der Waals surface area contributed by atoms with Crippen molar-refractivity contribution < 1.29 is 4.79 Å². The number of carbonyl (C=O) groups excluding carboxylic acids is 1. The molecule has 3 aliphatic heterocycles. The van der Waals surface area contributed by atoms with Crippen molar-refractivity contribution in [3.63, 3.8) is 0 Å². The van der Waals surface area contributed by atoms with Crippen molar-refractivity contribution in [3.05, 3.63) is 40.9 Å². The minimum Gasteiger partial charge on any atom is -0.348 e. The minimum absolute atomic E-state index is 0.0244. The maximum Gasteiger partial charge on any atom is 0.244 e. The van der Waals surface area contributed by atoms with E-state index in [0.29, 0.717) is 17.0 Å². The Bertz CT molecular complexity index is 521. The first-order chi connectivity index (χ1) is 9.72. The van der Waals surface area contributed by atoms with Gasteiger partial charge in [-0.05, 0) is 49.6 Å². The first-order valence-electron chi connectivity index (χ1n) is 7.18. The van der Waals surface area contributed by atoms with E-state index in [1.165, 1.54) is 25.9 Å². The Morgan fingerprint density at radius 1 is 1.30 bits per heavy atom. The summed E-state index contributed by atoms with van der Waals surface area (Å²) in [5, 5.41) is 3.80. The molecule has 1 amide bonds. The lowest BCUT2D eigenvalue weighted by Crippen LogP contribution is -2.57. The topological polar surface area (TPSA) is 32.3 Å². The lowest BCUT2D eigenvalue weighted by molar-refractivity contribution is -0.118. The van der Waals surface area contributed by atoms with Gasteiger partial charge < -0.3 is 10.2 Å². The monoisotopic (exact) mass is 290 g/mol. The Balaban J connectivity index is 1.59. The van der Waals surface area contributed by atoms with Crippen molar-refractivity contribution in [2.24, 2.45) is 5.92 Å². The number of hydrogen-bond acceptors (Lipinski definition) is 2. The fourth-order valence-electron chi connectivity index (χ4n) is 3.14. The molecule has 2 bridgehead atoms. The minimum atomic E-state index is -0.0244. The number of nitrogens with zero attached hydrogens (tertiary/aromatic N) is 1. The molecule has 3 aliphatic rings. The highest BCUT2D eigenvalue weighted by atomic mass is 35.5. The zero-order valence-corrected chi connectivity index (χ0v) is 12.1. The van der Waals surface area contributed by atoms with Crippen LogP contribution in [0.5, 0.6) is 0 Å². The Labute approximate surface area is 124 Å². The lowest BCUT2D eigenvalue weighted by Gasteiger charge is -2.44. The van der Waals surface area contributed by atoms with Gasteiger partial charge in [-0.25, -0.2) is 0 Å². The SMILES string of the molecule is O=C(/C=C/c1ccccc1Cl)N[C@H]1CN2CCC1CC2. The summed E-state index contributed by atoms with van der Waals surface area (Å²) in [7, 11) is 0. The maximum absolute atomic E-state index is 12.0. The molecular weight excluding hydrogens is 272 g/mol. The Kier molecular flexibility index (Phi) is 4.08. The molecule has 20 heavy (non-hydrogen) atoms. The highest BCUT2D eigenvalue weighted by Gasteiger charge is 2.34. The summed E-state index contributed by atoms with van der Waals surface area (Å²) in [5.74, 6) is 0.626. The molecule has 3 nitrogen and oxygen atoms in total. The molecule has 0 radical (unpaired) electrons. The van der Waals surface area contributed by atoms with Gasteiger partial charge in [0.1, 0.15) is 0 Å². The summed E-state index contributed by atoms with van der Waals surface area (Å²) < 4.78 is 0. The predicted octanol–water partition coefficient (Wildman–Crippen LogP) is 2.56. The number of amides is 1. The second kappa shape index (κ2) is 5.98. The van der Waals surface area contributed by atoms with E-state index in [1.807, 2.05) is 24.3 Å². The van der Waals surface area contributed by atoms with Crippen molar-refractivity contribution in [2.75, 3.05) is 19.6 Å². The first-order valence-corrected chi connectivity index (χ1v) is 7.55. The number of fused-ring (bicyclic) bond motifs is 3. The van der Waals surface area contributed by atoms with Crippen LogP contribution in [0.15, 0.2) is 30.3 Å². The molecule has 3 fully saturated rings. The van der Waals surface area contributed by atoms with Crippen LogP contribution in [-0.2, 0) is 4.79 Å². The van der Waals surface area contributed by atoms with Gasteiger partial charge in [-0.2, -0.15) is 0 Å². The fraction of sp³-hybridized carbons (Fsp3) is 0.438. The van der Waals surface area contributed by atoms with Gasteiger partial charge in [-0.1, -0.05) is 29.8 Å². The van der Waals surface area contributed by atoms with Crippen LogP contribution in [0, 0.1) is 5.92 Å². The summed E-state index contributed by atoms with van der Waals surface area (Å²) >= 11 is 6.06. The van der Waals surface area contributed by atoms with Crippen LogP contribution >= 0.6 is 11.6 Å². The quantitative estimate of drug-likeness (QED) is 0.868. The van der Waals surface area contributed by atoms with E-state index in [-0.39, 0.29) is 5.91 Å². The van der Waals surface area contributed by atoms with E-state index in [4.69, 9.17) is 11.6 Å². The Morgan fingerprint density at radius 2 is 2.05 bits per heavy atom. The van der Waals surface area contributed by atoms with E-state index in [1.54, 1.807) is 12.2 Å². The van der Waals surface area contributed by atoms with Gasteiger partial charge in [0.15, 0.2) is 0 Å². The Morgan fingerprint density at radius 3 is 2.70 bits per heavy atom. The standard InChI is InChI=1S/C16H19ClN2O/c17-14-4-2-1-3-12(14)5-6-16(20)18-15-11-19-9-7-13(15)8-10-19/h1-6,13,15H,7-11H2,(H,18,20)/b6-5+/t15-/m0/s1. The number of halogens is 1. The second-order valence-corrected chi connectivity index (χ2v) is 6.02. The van der Waals surface area contributed by atoms with Crippen LogP contribution in [0.3, 0.4) is 0 Å². The van der Waals surface area contributed by atoms with Crippen molar-refractivity contribution in [1.29, 1.82) is 0 Å². The molecule has 0 spiro atoms. The van der Waals surface area contributed by atoms with Crippen molar-refractivity contribution in [2.45, 2.75) is 18.9 Å². The van der Waals surface area contributed by atoms with Crippen molar-refractivity contribution >= 4 is 23.6 Å². The second-order valence-electron chi connectivity index (χ2n) is 5.61. The first kappa shape index (κ1) is 13.7. The molecule has 1 atom stereocenters. The van der Waals surface area contributed by atoms with Gasteiger partial charge in [0, 0.05) is 23.7 Å². The molecule has 0 unspecified atom stereocenters. The van der Waals surface area contributed by atoms with Crippen LogP contribution in [-0.4, -0.2) is 36.5 Å². The maximum atomic E-state index is 12.0. The van der Waals surface area contributed by atoms with Crippen LogP contribution < -0.4 is 5.32 Å². The molecule has 4 rings (SSSR count). The molecule has 0 aliphatic carbocycles. The summed E-state index contributed by atoms with van der Waals surface area (Å²) in [6, 6.07) is 7.83. The van der Waals surface area contributed by atoms with E-state index >= 15 is 0 Å². The van der Waals surface area contributed by atoms with Crippen LogP contribution in [0.1, 0.15) is 18.4 Å². The van der Waals surface area contributed by atoms with Gasteiger partial charge in [-0.15, -0.1) is 0 Å². The predicted molar refractivity (Wildman–Crippen MR) is 81.6 cm³/mol. The highest BCUT2D eigenvalue weighted by Crippen LogP contribution is 2.27. The molecule has 1 aromatic rings. The van der Waals surface area contributed by atoms with E-state index in [2.05, 4.69) is 10.2 Å². The molecular formula is C16H19ClN2O. The van der Waals surface area contributed by atoms with Crippen molar-refractivity contribution in [1.82, 2.24) is 10.2 Å². The number of rotatable bonds is 3. The largest absolute Gasteiger partial charge is 0.348 e. The average Bonchev–Trinajstić information content (AvgIpc) is 2.48. The van der Waals surface area contributed by atoms with Crippen LogP contribution in [0.2, 0.25) is 5.02 Å². The Hall–Kier alpha value is -1.32. The van der Waals surface area contributed by atoms with Crippen LogP contribution in [0.25, 0.3) is 6.08 Å². The average molecular weight is 291 g/mol. The molecule has 3 saturated heterocycles. The molecule has 0 saturated carbocycles. The third kappa shape index (κ3) is 3.05. The van der Waals surface area contributed by atoms with Crippen molar-refractivity contribution in [3.8, 4) is 0 Å². The number of carbonyl (C=O) groups is 1. The van der Waals surface area contributed by atoms with Gasteiger partial charge in [-0.3, -0.25) is 4.79 Å².